The zero-order valence-corrected chi connectivity index (χ0v) is 18.6. The Morgan fingerprint density at radius 1 is 1.19 bits per heavy atom. The van der Waals surface area contributed by atoms with Crippen molar-refractivity contribution >= 4 is 12.0 Å². The Kier molecular flexibility index (Phi) is 5.75. The zero-order chi connectivity index (χ0) is 22.4. The van der Waals surface area contributed by atoms with E-state index in [4.69, 9.17) is 14.2 Å². The summed E-state index contributed by atoms with van der Waals surface area (Å²) in [5.74, 6) is -0.147. The lowest BCUT2D eigenvalue weighted by Crippen LogP contribution is -2.62. The van der Waals surface area contributed by atoms with Crippen molar-refractivity contribution < 1.29 is 29.2 Å². The SMILES string of the molecule is COc1ccc(/C=C/C(=O)O[C@@H]2CCC(C)(C)[C@@H]3[C@@H](O)C=C4CO[C@@H](O)[C@@H]4[C@@]23C)cc1. The highest BCUT2D eigenvalue weighted by Gasteiger charge is 2.64. The molecule has 6 nitrogen and oxygen atoms in total. The minimum atomic E-state index is -0.962. The number of esters is 1. The largest absolute Gasteiger partial charge is 0.497 e. The van der Waals surface area contributed by atoms with Crippen LogP contribution in [0, 0.1) is 22.7 Å². The van der Waals surface area contributed by atoms with Crippen LogP contribution in [0.5, 0.6) is 5.75 Å². The fourth-order valence-corrected chi connectivity index (χ4v) is 6.21. The van der Waals surface area contributed by atoms with Crippen LogP contribution in [0.25, 0.3) is 6.08 Å². The van der Waals surface area contributed by atoms with Gasteiger partial charge in [0.1, 0.15) is 11.9 Å². The first-order valence-corrected chi connectivity index (χ1v) is 10.9. The fraction of sp³-hybridized carbons (Fsp3) is 0.560. The second-order valence-corrected chi connectivity index (χ2v) is 9.81. The topological polar surface area (TPSA) is 85.2 Å². The third-order valence-electron chi connectivity index (χ3n) is 7.54. The minimum absolute atomic E-state index is 0.165. The normalized spacial score (nSPS) is 36.5. The molecule has 6 heteroatoms. The molecule has 4 rings (SSSR count). The second kappa shape index (κ2) is 8.08. The molecule has 0 unspecified atom stereocenters. The minimum Gasteiger partial charge on any atom is -0.497 e. The number of benzene rings is 1. The van der Waals surface area contributed by atoms with E-state index in [2.05, 4.69) is 13.8 Å². The molecule has 2 fully saturated rings. The van der Waals surface area contributed by atoms with Gasteiger partial charge in [0.15, 0.2) is 6.29 Å². The predicted molar refractivity (Wildman–Crippen MR) is 116 cm³/mol. The van der Waals surface area contributed by atoms with Crippen molar-refractivity contribution in [3.8, 4) is 5.75 Å². The van der Waals surface area contributed by atoms with E-state index in [9.17, 15) is 15.0 Å². The Morgan fingerprint density at radius 2 is 1.90 bits per heavy atom. The Bertz CT molecular complexity index is 886. The number of methoxy groups -OCH3 is 1. The summed E-state index contributed by atoms with van der Waals surface area (Å²) in [6, 6.07) is 7.39. The van der Waals surface area contributed by atoms with Crippen molar-refractivity contribution in [2.45, 2.75) is 52.1 Å². The highest BCUT2D eigenvalue weighted by molar-refractivity contribution is 5.87. The molecule has 1 aromatic rings. The molecular formula is C25H32O6. The lowest BCUT2D eigenvalue weighted by Gasteiger charge is -2.59. The number of hydrogen-bond donors (Lipinski definition) is 2. The van der Waals surface area contributed by atoms with Crippen LogP contribution in [0.1, 0.15) is 39.2 Å². The van der Waals surface area contributed by atoms with E-state index in [1.807, 2.05) is 37.3 Å². The molecule has 1 aliphatic heterocycles. The Morgan fingerprint density at radius 3 is 2.58 bits per heavy atom. The summed E-state index contributed by atoms with van der Waals surface area (Å²) in [5.41, 5.74) is 0.960. The highest BCUT2D eigenvalue weighted by atomic mass is 16.6. The van der Waals surface area contributed by atoms with Crippen LogP contribution in [0.2, 0.25) is 0 Å². The van der Waals surface area contributed by atoms with Gasteiger partial charge in [-0.15, -0.1) is 0 Å². The van der Waals surface area contributed by atoms with E-state index in [0.29, 0.717) is 13.0 Å². The van der Waals surface area contributed by atoms with Gasteiger partial charge in [-0.05, 0) is 47.6 Å². The predicted octanol–water partition coefficient (Wildman–Crippen LogP) is 3.33. The molecule has 1 saturated carbocycles. The van der Waals surface area contributed by atoms with Gasteiger partial charge in [0.25, 0.3) is 0 Å². The number of fused-ring (bicyclic) bond motifs is 3. The summed E-state index contributed by atoms with van der Waals surface area (Å²) in [6.07, 6.45) is 4.40. The van der Waals surface area contributed by atoms with Crippen LogP contribution < -0.4 is 4.74 Å². The molecule has 6 atom stereocenters. The van der Waals surface area contributed by atoms with Crippen LogP contribution >= 0.6 is 0 Å². The third-order valence-corrected chi connectivity index (χ3v) is 7.54. The van der Waals surface area contributed by atoms with Gasteiger partial charge in [0.2, 0.25) is 0 Å². The molecule has 0 amide bonds. The highest BCUT2D eigenvalue weighted by Crippen LogP contribution is 2.62. The van der Waals surface area contributed by atoms with Gasteiger partial charge in [0.05, 0.1) is 19.8 Å². The Labute approximate surface area is 183 Å². The number of hydrogen-bond acceptors (Lipinski definition) is 6. The maximum absolute atomic E-state index is 12.7. The fourth-order valence-electron chi connectivity index (χ4n) is 6.21. The summed E-state index contributed by atoms with van der Waals surface area (Å²) in [7, 11) is 1.61. The van der Waals surface area contributed by atoms with Gasteiger partial charge < -0.3 is 24.4 Å². The van der Waals surface area contributed by atoms with Crippen molar-refractivity contribution in [2.24, 2.45) is 22.7 Å². The first kappa shape index (κ1) is 22.1. The van der Waals surface area contributed by atoms with Gasteiger partial charge in [0, 0.05) is 23.3 Å². The second-order valence-electron chi connectivity index (χ2n) is 9.81. The molecule has 0 radical (unpaired) electrons. The van der Waals surface area contributed by atoms with Gasteiger partial charge in [-0.1, -0.05) is 39.0 Å². The number of aliphatic hydroxyl groups excluding tert-OH is 2. The average Bonchev–Trinajstić information content (AvgIpc) is 3.10. The molecule has 2 N–H and O–H groups in total. The third kappa shape index (κ3) is 3.81. The van der Waals surface area contributed by atoms with Gasteiger partial charge in [-0.25, -0.2) is 4.79 Å². The summed E-state index contributed by atoms with van der Waals surface area (Å²) < 4.78 is 16.6. The van der Waals surface area contributed by atoms with E-state index >= 15 is 0 Å². The number of carbonyl (C=O) groups excluding carboxylic acids is 1. The molecule has 1 saturated heterocycles. The van der Waals surface area contributed by atoms with Crippen molar-refractivity contribution in [2.75, 3.05) is 13.7 Å². The Balaban J connectivity index is 1.58. The van der Waals surface area contributed by atoms with Crippen LogP contribution in [-0.4, -0.2) is 48.4 Å². The van der Waals surface area contributed by atoms with E-state index in [1.165, 1.54) is 6.08 Å². The molecule has 1 heterocycles. The smallest absolute Gasteiger partial charge is 0.331 e. The number of ether oxygens (including phenoxy) is 3. The van der Waals surface area contributed by atoms with E-state index in [0.717, 1.165) is 23.3 Å². The molecular weight excluding hydrogens is 396 g/mol. The molecule has 31 heavy (non-hydrogen) atoms. The summed E-state index contributed by atoms with van der Waals surface area (Å²) >= 11 is 0. The number of aliphatic hydroxyl groups is 2. The van der Waals surface area contributed by atoms with E-state index < -0.39 is 29.9 Å². The lowest BCUT2D eigenvalue weighted by atomic mass is 9.47. The van der Waals surface area contributed by atoms with Crippen LogP contribution in [-0.2, 0) is 14.3 Å². The van der Waals surface area contributed by atoms with Crippen LogP contribution in [0.4, 0.5) is 0 Å². The summed E-state index contributed by atoms with van der Waals surface area (Å²) in [4.78, 5) is 12.7. The molecule has 0 aromatic heterocycles. The van der Waals surface area contributed by atoms with Crippen molar-refractivity contribution in [1.29, 1.82) is 0 Å². The maximum Gasteiger partial charge on any atom is 0.331 e. The Hall–Kier alpha value is -2.15. The molecule has 3 aliphatic rings. The summed E-state index contributed by atoms with van der Waals surface area (Å²) in [5, 5.41) is 21.6. The molecule has 168 valence electrons. The average molecular weight is 429 g/mol. The summed E-state index contributed by atoms with van der Waals surface area (Å²) in [6.45, 7) is 6.61. The monoisotopic (exact) mass is 428 g/mol. The lowest BCUT2D eigenvalue weighted by molar-refractivity contribution is -0.211. The molecule has 0 bridgehead atoms. The van der Waals surface area contributed by atoms with Crippen LogP contribution in [0.15, 0.2) is 42.0 Å². The molecule has 1 aromatic carbocycles. The maximum atomic E-state index is 12.7. The first-order chi connectivity index (χ1) is 14.7. The van der Waals surface area contributed by atoms with Gasteiger partial charge in [-0.3, -0.25) is 0 Å². The van der Waals surface area contributed by atoms with E-state index in [-0.39, 0.29) is 17.3 Å². The first-order valence-electron chi connectivity index (χ1n) is 10.9. The number of rotatable bonds is 4. The van der Waals surface area contributed by atoms with Crippen molar-refractivity contribution in [1.82, 2.24) is 0 Å². The quantitative estimate of drug-likeness (QED) is 0.435. The molecule has 0 spiro atoms. The molecule has 2 aliphatic carbocycles. The zero-order valence-electron chi connectivity index (χ0n) is 18.6. The number of carbonyl (C=O) groups is 1. The van der Waals surface area contributed by atoms with Crippen molar-refractivity contribution in [3.05, 3.63) is 47.6 Å². The van der Waals surface area contributed by atoms with Gasteiger partial charge in [-0.2, -0.15) is 0 Å². The van der Waals surface area contributed by atoms with Crippen LogP contribution in [0.3, 0.4) is 0 Å². The van der Waals surface area contributed by atoms with Crippen molar-refractivity contribution in [3.63, 3.8) is 0 Å². The van der Waals surface area contributed by atoms with Gasteiger partial charge >= 0.3 is 5.97 Å². The standard InChI is InChI=1S/C25H32O6/c1-24(2)12-11-19(31-20(27)10-7-15-5-8-17(29-4)9-6-15)25(3)21-16(14-30-23(21)28)13-18(26)22(24)25/h5-10,13,18-19,21-23,26,28H,11-12,14H2,1-4H3/b10-7+/t18-,19+,21+,22-,23+,25+/m0/s1. The van der Waals surface area contributed by atoms with E-state index in [1.54, 1.807) is 13.2 Å².